The molecule has 92 valence electrons. The summed E-state index contributed by atoms with van der Waals surface area (Å²) in [6, 6.07) is 5.19. The first-order valence-electron chi connectivity index (χ1n) is 5.46. The van der Waals surface area contributed by atoms with Crippen LogP contribution >= 0.6 is 0 Å². The van der Waals surface area contributed by atoms with Crippen molar-refractivity contribution in [2.45, 2.75) is 6.54 Å². The van der Waals surface area contributed by atoms with Gasteiger partial charge in [0.2, 0.25) is 0 Å². The van der Waals surface area contributed by atoms with Crippen molar-refractivity contribution in [3.05, 3.63) is 54.1 Å². The molecule has 1 amide bonds. The monoisotopic (exact) mass is 243 g/mol. The van der Waals surface area contributed by atoms with Crippen LogP contribution in [0.4, 0.5) is 0 Å². The van der Waals surface area contributed by atoms with Gasteiger partial charge in [-0.15, -0.1) is 0 Å². The number of rotatable bonds is 3. The van der Waals surface area contributed by atoms with Gasteiger partial charge in [-0.2, -0.15) is 0 Å². The molecule has 0 saturated carbocycles. The average molecular weight is 243 g/mol. The number of amides is 1. The lowest BCUT2D eigenvalue weighted by Crippen LogP contribution is -2.26. The van der Waals surface area contributed by atoms with Crippen molar-refractivity contribution in [2.75, 3.05) is 7.05 Å². The first-order valence-corrected chi connectivity index (χ1v) is 5.46. The van der Waals surface area contributed by atoms with Crippen LogP contribution < -0.4 is 0 Å². The quantitative estimate of drug-likeness (QED) is 0.886. The van der Waals surface area contributed by atoms with Crippen LogP contribution in [0.15, 0.2) is 43.0 Å². The zero-order valence-electron chi connectivity index (χ0n) is 9.95. The smallest absolute Gasteiger partial charge is 0.257 e. The summed E-state index contributed by atoms with van der Waals surface area (Å²) in [5, 5.41) is 9.58. The summed E-state index contributed by atoms with van der Waals surface area (Å²) in [5.41, 5.74) is 1.23. The Kier molecular flexibility index (Phi) is 3.52. The van der Waals surface area contributed by atoms with Gasteiger partial charge < -0.3 is 10.0 Å². The highest BCUT2D eigenvalue weighted by Crippen LogP contribution is 2.16. The molecule has 0 saturated heterocycles. The number of aromatic nitrogens is 2. The lowest BCUT2D eigenvalue weighted by molar-refractivity contribution is 0.0782. The van der Waals surface area contributed by atoms with Crippen LogP contribution in [0.3, 0.4) is 0 Å². The highest BCUT2D eigenvalue weighted by molar-refractivity contribution is 5.96. The summed E-state index contributed by atoms with van der Waals surface area (Å²) in [6.07, 6.45) is 6.09. The number of hydrogen-bond donors (Lipinski definition) is 1. The van der Waals surface area contributed by atoms with Crippen LogP contribution in [-0.2, 0) is 6.54 Å². The summed E-state index contributed by atoms with van der Waals surface area (Å²) >= 11 is 0. The molecule has 0 spiro atoms. The molecule has 5 heteroatoms. The SMILES string of the molecule is CN(Cc1ccncc1)C(=O)c1ccncc1O. The fraction of sp³-hybridized carbons (Fsp3) is 0.154. The first kappa shape index (κ1) is 12.0. The lowest BCUT2D eigenvalue weighted by Gasteiger charge is -2.17. The molecule has 0 aliphatic rings. The van der Waals surface area contributed by atoms with Gasteiger partial charge in [0, 0.05) is 32.2 Å². The third-order valence-electron chi connectivity index (χ3n) is 2.55. The molecule has 0 radical (unpaired) electrons. The second-order valence-corrected chi connectivity index (χ2v) is 3.91. The van der Waals surface area contributed by atoms with Gasteiger partial charge in [0.1, 0.15) is 5.75 Å². The second-order valence-electron chi connectivity index (χ2n) is 3.91. The Bertz CT molecular complexity index is 543. The minimum absolute atomic E-state index is 0.107. The summed E-state index contributed by atoms with van der Waals surface area (Å²) < 4.78 is 0. The van der Waals surface area contributed by atoms with Crippen LogP contribution in [0.2, 0.25) is 0 Å². The number of nitrogens with zero attached hydrogens (tertiary/aromatic N) is 3. The van der Waals surface area contributed by atoms with E-state index in [-0.39, 0.29) is 17.2 Å². The van der Waals surface area contributed by atoms with Crippen LogP contribution in [0.5, 0.6) is 5.75 Å². The van der Waals surface area contributed by atoms with E-state index in [1.807, 2.05) is 12.1 Å². The van der Waals surface area contributed by atoms with Crippen molar-refractivity contribution in [3.63, 3.8) is 0 Å². The Balaban J connectivity index is 2.13. The molecule has 0 atom stereocenters. The van der Waals surface area contributed by atoms with Crippen molar-refractivity contribution in [1.82, 2.24) is 14.9 Å². The van der Waals surface area contributed by atoms with Crippen LogP contribution in [0, 0.1) is 0 Å². The molecule has 0 aromatic carbocycles. The predicted octanol–water partition coefficient (Wildman–Crippen LogP) is 1.45. The Morgan fingerprint density at radius 2 is 1.89 bits per heavy atom. The Labute approximate surface area is 105 Å². The third-order valence-corrected chi connectivity index (χ3v) is 2.55. The van der Waals surface area contributed by atoms with Gasteiger partial charge in [0.25, 0.3) is 5.91 Å². The van der Waals surface area contributed by atoms with E-state index in [2.05, 4.69) is 9.97 Å². The van der Waals surface area contributed by atoms with Gasteiger partial charge in [-0.25, -0.2) is 0 Å². The lowest BCUT2D eigenvalue weighted by atomic mass is 10.2. The fourth-order valence-electron chi connectivity index (χ4n) is 1.61. The van der Waals surface area contributed by atoms with E-state index >= 15 is 0 Å². The molecule has 0 aliphatic heterocycles. The molecular weight excluding hydrogens is 230 g/mol. The summed E-state index contributed by atoms with van der Waals surface area (Å²) in [4.78, 5) is 21.3. The molecule has 2 heterocycles. The summed E-state index contributed by atoms with van der Waals surface area (Å²) in [5.74, 6) is -0.351. The number of hydrogen-bond acceptors (Lipinski definition) is 4. The Hall–Kier alpha value is -2.43. The molecule has 0 unspecified atom stereocenters. The van der Waals surface area contributed by atoms with E-state index in [1.165, 1.54) is 23.4 Å². The number of carbonyl (C=O) groups is 1. The third kappa shape index (κ3) is 2.63. The van der Waals surface area contributed by atoms with E-state index in [1.54, 1.807) is 19.4 Å². The minimum Gasteiger partial charge on any atom is -0.505 e. The van der Waals surface area contributed by atoms with E-state index in [9.17, 15) is 9.90 Å². The topological polar surface area (TPSA) is 66.3 Å². The van der Waals surface area contributed by atoms with E-state index in [0.29, 0.717) is 6.54 Å². The molecule has 0 aliphatic carbocycles. The van der Waals surface area contributed by atoms with E-state index in [0.717, 1.165) is 5.56 Å². The van der Waals surface area contributed by atoms with Crippen LogP contribution in [0.1, 0.15) is 15.9 Å². The molecule has 5 nitrogen and oxygen atoms in total. The number of pyridine rings is 2. The number of carbonyl (C=O) groups excluding carboxylic acids is 1. The minimum atomic E-state index is -0.244. The summed E-state index contributed by atoms with van der Waals surface area (Å²) in [7, 11) is 1.68. The molecule has 0 fully saturated rings. The highest BCUT2D eigenvalue weighted by Gasteiger charge is 2.15. The molecule has 2 aromatic heterocycles. The molecule has 1 N–H and O–H groups in total. The largest absolute Gasteiger partial charge is 0.505 e. The molecule has 2 rings (SSSR count). The molecule has 2 aromatic rings. The van der Waals surface area contributed by atoms with E-state index < -0.39 is 0 Å². The number of aromatic hydroxyl groups is 1. The fourth-order valence-corrected chi connectivity index (χ4v) is 1.61. The van der Waals surface area contributed by atoms with Gasteiger partial charge in [-0.05, 0) is 23.8 Å². The van der Waals surface area contributed by atoms with Crippen molar-refractivity contribution in [1.29, 1.82) is 0 Å². The highest BCUT2D eigenvalue weighted by atomic mass is 16.3. The maximum atomic E-state index is 12.1. The van der Waals surface area contributed by atoms with Crippen LogP contribution in [-0.4, -0.2) is 32.9 Å². The van der Waals surface area contributed by atoms with Gasteiger partial charge >= 0.3 is 0 Å². The molecule has 0 bridgehead atoms. The van der Waals surface area contributed by atoms with Gasteiger partial charge in [-0.3, -0.25) is 14.8 Å². The normalized spacial score (nSPS) is 10.1. The van der Waals surface area contributed by atoms with Crippen molar-refractivity contribution < 1.29 is 9.90 Å². The average Bonchev–Trinajstić information content (AvgIpc) is 2.39. The van der Waals surface area contributed by atoms with Crippen molar-refractivity contribution in [2.24, 2.45) is 0 Å². The van der Waals surface area contributed by atoms with E-state index in [4.69, 9.17) is 0 Å². The first-order chi connectivity index (χ1) is 8.68. The second kappa shape index (κ2) is 5.27. The summed E-state index contributed by atoms with van der Waals surface area (Å²) in [6.45, 7) is 0.461. The standard InChI is InChI=1S/C13H13N3O2/c1-16(9-10-2-5-14-6-3-10)13(18)11-4-7-15-8-12(11)17/h2-8,17H,9H2,1H3. The van der Waals surface area contributed by atoms with Crippen molar-refractivity contribution in [3.8, 4) is 5.75 Å². The maximum Gasteiger partial charge on any atom is 0.257 e. The van der Waals surface area contributed by atoms with Gasteiger partial charge in [-0.1, -0.05) is 0 Å². The van der Waals surface area contributed by atoms with Gasteiger partial charge in [0.15, 0.2) is 0 Å². The Morgan fingerprint density at radius 3 is 2.56 bits per heavy atom. The molecular formula is C13H13N3O2. The zero-order chi connectivity index (χ0) is 13.0. The van der Waals surface area contributed by atoms with Gasteiger partial charge in [0.05, 0.1) is 11.8 Å². The van der Waals surface area contributed by atoms with Crippen molar-refractivity contribution >= 4 is 5.91 Å². The maximum absolute atomic E-state index is 12.1. The Morgan fingerprint density at radius 1 is 1.22 bits per heavy atom. The predicted molar refractivity (Wildman–Crippen MR) is 65.9 cm³/mol. The zero-order valence-corrected chi connectivity index (χ0v) is 9.95. The molecule has 18 heavy (non-hydrogen) atoms. The van der Waals surface area contributed by atoms with Crippen LogP contribution in [0.25, 0.3) is 0 Å².